The number of alkyl halides is 3. The fraction of sp³-hybridized carbons (Fsp3) is 0.0769. The van der Waals surface area contributed by atoms with Crippen LogP contribution < -0.4 is 5.73 Å². The number of carbonyl (C=O) groups is 1. The van der Waals surface area contributed by atoms with Crippen molar-refractivity contribution in [3.63, 3.8) is 0 Å². The number of benzene rings is 1. The Bertz CT molecular complexity index is 691. The van der Waals surface area contributed by atoms with Gasteiger partial charge in [0.2, 0.25) is 0 Å². The molecule has 8 heteroatoms. The van der Waals surface area contributed by atoms with Crippen molar-refractivity contribution in [1.29, 1.82) is 0 Å². The van der Waals surface area contributed by atoms with Crippen LogP contribution in [0.1, 0.15) is 15.9 Å². The zero-order valence-corrected chi connectivity index (χ0v) is 10.3. The molecule has 0 saturated carbocycles. The lowest BCUT2D eigenvalue weighted by Gasteiger charge is -2.10. The molecule has 2 aromatic rings. The number of nitrogen functional groups attached to an aromatic ring is 1. The summed E-state index contributed by atoms with van der Waals surface area (Å²) in [5.41, 5.74) is 3.14. The second-order valence-electron chi connectivity index (χ2n) is 4.15. The molecule has 0 amide bonds. The third-order valence-electron chi connectivity index (χ3n) is 2.72. The molecule has 3 N–H and O–H groups in total. The average molecular weight is 300 g/mol. The predicted molar refractivity (Wildman–Crippen MR) is 66.0 cm³/mol. The maximum atomic E-state index is 13.7. The van der Waals surface area contributed by atoms with E-state index in [0.717, 1.165) is 30.5 Å². The van der Waals surface area contributed by atoms with Crippen LogP contribution in [0.2, 0.25) is 0 Å². The predicted octanol–water partition coefficient (Wildman–Crippen LogP) is 3.19. The van der Waals surface area contributed by atoms with Crippen LogP contribution in [0.5, 0.6) is 0 Å². The quantitative estimate of drug-likeness (QED) is 0.659. The van der Waals surface area contributed by atoms with Crippen molar-refractivity contribution >= 4 is 11.7 Å². The molecule has 1 heterocycles. The van der Waals surface area contributed by atoms with Gasteiger partial charge in [0.15, 0.2) is 0 Å². The maximum Gasteiger partial charge on any atom is 0.416 e. The Kier molecular flexibility index (Phi) is 3.54. The minimum absolute atomic E-state index is 0.0406. The van der Waals surface area contributed by atoms with Gasteiger partial charge in [0.1, 0.15) is 11.4 Å². The largest absolute Gasteiger partial charge is 0.478 e. The van der Waals surface area contributed by atoms with Crippen LogP contribution in [-0.4, -0.2) is 16.1 Å². The highest BCUT2D eigenvalue weighted by atomic mass is 19.4. The van der Waals surface area contributed by atoms with Crippen LogP contribution in [0, 0.1) is 5.82 Å². The monoisotopic (exact) mass is 300 g/mol. The fourth-order valence-corrected chi connectivity index (χ4v) is 1.77. The number of anilines is 1. The molecule has 4 nitrogen and oxygen atoms in total. The number of carboxylic acid groups (broad SMARTS) is 1. The highest BCUT2D eigenvalue weighted by Gasteiger charge is 2.31. The molecule has 0 saturated heterocycles. The number of nitrogens with two attached hydrogens (primary N) is 1. The smallest absolute Gasteiger partial charge is 0.416 e. The second-order valence-corrected chi connectivity index (χ2v) is 4.15. The molecular weight excluding hydrogens is 292 g/mol. The fourth-order valence-electron chi connectivity index (χ4n) is 1.77. The number of halogens is 4. The van der Waals surface area contributed by atoms with Gasteiger partial charge in [-0.25, -0.2) is 9.18 Å². The van der Waals surface area contributed by atoms with Crippen LogP contribution in [0.3, 0.4) is 0 Å². The molecule has 0 unspecified atom stereocenters. The van der Waals surface area contributed by atoms with Gasteiger partial charge in [-0.15, -0.1) is 0 Å². The Labute approximate surface area is 115 Å². The van der Waals surface area contributed by atoms with Gasteiger partial charge < -0.3 is 10.8 Å². The lowest BCUT2D eigenvalue weighted by Crippen LogP contribution is -2.07. The maximum absolute atomic E-state index is 13.7. The molecule has 0 spiro atoms. The van der Waals surface area contributed by atoms with E-state index in [0.29, 0.717) is 0 Å². The van der Waals surface area contributed by atoms with Crippen molar-refractivity contribution < 1.29 is 27.5 Å². The number of nitrogens with zero attached hydrogens (tertiary/aromatic N) is 1. The normalized spacial score (nSPS) is 11.4. The van der Waals surface area contributed by atoms with Crippen molar-refractivity contribution in [2.75, 3.05) is 5.73 Å². The molecule has 1 aromatic carbocycles. The van der Waals surface area contributed by atoms with Crippen LogP contribution in [-0.2, 0) is 6.18 Å². The molecule has 0 aliphatic carbocycles. The van der Waals surface area contributed by atoms with E-state index in [1.807, 2.05) is 0 Å². The van der Waals surface area contributed by atoms with E-state index >= 15 is 0 Å². The number of aromatic carboxylic acids is 1. The summed E-state index contributed by atoms with van der Waals surface area (Å²) in [7, 11) is 0. The molecule has 0 radical (unpaired) electrons. The van der Waals surface area contributed by atoms with E-state index in [1.54, 1.807) is 0 Å². The van der Waals surface area contributed by atoms with Crippen LogP contribution in [0.25, 0.3) is 11.3 Å². The summed E-state index contributed by atoms with van der Waals surface area (Å²) >= 11 is 0. The zero-order chi connectivity index (χ0) is 15.8. The van der Waals surface area contributed by atoms with Gasteiger partial charge in [0.05, 0.1) is 11.3 Å². The minimum Gasteiger partial charge on any atom is -0.478 e. The third-order valence-corrected chi connectivity index (χ3v) is 2.72. The summed E-state index contributed by atoms with van der Waals surface area (Å²) in [6.45, 7) is 0. The van der Waals surface area contributed by atoms with Crippen molar-refractivity contribution in [3.05, 3.63) is 47.4 Å². The third kappa shape index (κ3) is 2.93. The van der Waals surface area contributed by atoms with Gasteiger partial charge >= 0.3 is 12.1 Å². The molecule has 0 fully saturated rings. The van der Waals surface area contributed by atoms with Gasteiger partial charge in [0, 0.05) is 17.4 Å². The molecule has 0 bridgehead atoms. The van der Waals surface area contributed by atoms with Crippen molar-refractivity contribution in [3.8, 4) is 11.3 Å². The highest BCUT2D eigenvalue weighted by Crippen LogP contribution is 2.32. The van der Waals surface area contributed by atoms with Crippen molar-refractivity contribution in [2.24, 2.45) is 0 Å². The SMILES string of the molecule is Nc1cc(-c2cc(C(F)(F)F)ccn2)cc(F)c1C(=O)O. The summed E-state index contributed by atoms with van der Waals surface area (Å²) in [5.74, 6) is -2.70. The van der Waals surface area contributed by atoms with Crippen molar-refractivity contribution in [1.82, 2.24) is 4.98 Å². The van der Waals surface area contributed by atoms with Crippen LogP contribution >= 0.6 is 0 Å². The lowest BCUT2D eigenvalue weighted by atomic mass is 10.0. The van der Waals surface area contributed by atoms with Gasteiger partial charge in [0.25, 0.3) is 0 Å². The van der Waals surface area contributed by atoms with E-state index in [9.17, 15) is 22.4 Å². The second kappa shape index (κ2) is 5.04. The standard InChI is InChI=1S/C13H8F4N2O2/c14-8-3-6(4-9(18)11(8)12(20)21)10-5-7(1-2-19-10)13(15,16)17/h1-5H,18H2,(H,20,21). The molecule has 0 aliphatic heterocycles. The van der Waals surface area contributed by atoms with Gasteiger partial charge in [-0.2, -0.15) is 13.2 Å². The van der Waals surface area contributed by atoms with E-state index in [4.69, 9.17) is 10.8 Å². The minimum atomic E-state index is -4.57. The summed E-state index contributed by atoms with van der Waals surface area (Å²) in [5, 5.41) is 8.77. The first-order chi connectivity index (χ1) is 9.70. The first-order valence-corrected chi connectivity index (χ1v) is 5.56. The molecule has 110 valence electrons. The Morgan fingerprint density at radius 1 is 1.24 bits per heavy atom. The lowest BCUT2D eigenvalue weighted by molar-refractivity contribution is -0.137. The van der Waals surface area contributed by atoms with Gasteiger partial charge in [-0.05, 0) is 24.3 Å². The number of pyridine rings is 1. The summed E-state index contributed by atoms with van der Waals surface area (Å²) in [4.78, 5) is 14.5. The first-order valence-electron chi connectivity index (χ1n) is 5.56. The molecule has 0 aliphatic rings. The number of rotatable bonds is 2. The highest BCUT2D eigenvalue weighted by molar-refractivity contribution is 5.95. The average Bonchev–Trinajstić information content (AvgIpc) is 2.36. The summed E-state index contributed by atoms with van der Waals surface area (Å²) in [6, 6.07) is 3.35. The van der Waals surface area contributed by atoms with Crippen LogP contribution in [0.4, 0.5) is 23.2 Å². The Balaban J connectivity index is 2.56. The molecule has 0 atom stereocenters. The number of hydrogen-bond donors (Lipinski definition) is 2. The van der Waals surface area contributed by atoms with Crippen molar-refractivity contribution in [2.45, 2.75) is 6.18 Å². The Morgan fingerprint density at radius 3 is 2.43 bits per heavy atom. The number of aromatic nitrogens is 1. The number of hydrogen-bond acceptors (Lipinski definition) is 3. The van der Waals surface area contributed by atoms with Gasteiger partial charge in [-0.1, -0.05) is 0 Å². The first kappa shape index (κ1) is 14.8. The zero-order valence-electron chi connectivity index (χ0n) is 10.3. The molecule has 1 aromatic heterocycles. The number of carboxylic acids is 1. The molecule has 2 rings (SSSR count). The van der Waals surface area contributed by atoms with E-state index in [1.165, 1.54) is 0 Å². The van der Waals surface area contributed by atoms with Crippen LogP contribution in [0.15, 0.2) is 30.5 Å². The van der Waals surface area contributed by atoms with E-state index < -0.39 is 34.8 Å². The molecular formula is C13H8F4N2O2. The van der Waals surface area contributed by atoms with E-state index in [2.05, 4.69) is 4.98 Å². The Hall–Kier alpha value is -2.64. The molecule has 21 heavy (non-hydrogen) atoms. The summed E-state index contributed by atoms with van der Waals surface area (Å²) in [6.07, 6.45) is -3.64. The van der Waals surface area contributed by atoms with Gasteiger partial charge in [-0.3, -0.25) is 4.98 Å². The topological polar surface area (TPSA) is 76.2 Å². The Morgan fingerprint density at radius 2 is 1.90 bits per heavy atom. The van der Waals surface area contributed by atoms with E-state index in [-0.39, 0.29) is 11.3 Å². The summed E-state index contributed by atoms with van der Waals surface area (Å²) < 4.78 is 51.5.